The van der Waals surface area contributed by atoms with Gasteiger partial charge in [-0.1, -0.05) is 0 Å². The SMILES string of the molecule is O=c1[nH]nc2c(c1-c1ccncc1)CC2. The van der Waals surface area contributed by atoms with Crippen molar-refractivity contribution in [2.75, 3.05) is 0 Å². The first-order chi connectivity index (χ1) is 7.36. The number of aromatic nitrogens is 3. The summed E-state index contributed by atoms with van der Waals surface area (Å²) in [6, 6.07) is 3.70. The van der Waals surface area contributed by atoms with Gasteiger partial charge in [0, 0.05) is 12.4 Å². The van der Waals surface area contributed by atoms with Gasteiger partial charge >= 0.3 is 0 Å². The minimum Gasteiger partial charge on any atom is -0.267 e. The molecule has 2 aromatic rings. The summed E-state index contributed by atoms with van der Waals surface area (Å²) >= 11 is 0. The zero-order chi connectivity index (χ0) is 10.3. The number of hydrogen-bond donors (Lipinski definition) is 1. The molecular formula is C11H9N3O. The Morgan fingerprint density at radius 1 is 1.20 bits per heavy atom. The van der Waals surface area contributed by atoms with Crippen LogP contribution in [-0.4, -0.2) is 15.2 Å². The van der Waals surface area contributed by atoms with Gasteiger partial charge in [-0.25, -0.2) is 5.10 Å². The molecule has 0 aromatic carbocycles. The smallest absolute Gasteiger partial charge is 0.267 e. The molecule has 0 bridgehead atoms. The van der Waals surface area contributed by atoms with E-state index in [4.69, 9.17) is 0 Å². The molecule has 0 aliphatic heterocycles. The Balaban J connectivity index is 2.29. The van der Waals surface area contributed by atoms with Gasteiger partial charge in [0.15, 0.2) is 0 Å². The van der Waals surface area contributed by atoms with E-state index in [0.29, 0.717) is 0 Å². The third kappa shape index (κ3) is 1.18. The third-order valence-corrected chi connectivity index (χ3v) is 2.75. The molecule has 0 radical (unpaired) electrons. The van der Waals surface area contributed by atoms with Gasteiger partial charge in [0.25, 0.3) is 5.56 Å². The lowest BCUT2D eigenvalue weighted by Gasteiger charge is -2.19. The van der Waals surface area contributed by atoms with Crippen molar-refractivity contribution in [2.24, 2.45) is 0 Å². The zero-order valence-corrected chi connectivity index (χ0v) is 8.03. The Kier molecular flexibility index (Phi) is 1.68. The van der Waals surface area contributed by atoms with Crippen LogP contribution in [0, 0.1) is 0 Å². The molecule has 1 aliphatic carbocycles. The molecule has 74 valence electrons. The van der Waals surface area contributed by atoms with Gasteiger partial charge in [0.2, 0.25) is 0 Å². The molecule has 0 amide bonds. The van der Waals surface area contributed by atoms with E-state index in [1.807, 2.05) is 12.1 Å². The number of aryl methyl sites for hydroxylation is 1. The number of rotatable bonds is 1. The second-order valence-electron chi connectivity index (χ2n) is 3.59. The summed E-state index contributed by atoms with van der Waals surface area (Å²) < 4.78 is 0. The van der Waals surface area contributed by atoms with Crippen molar-refractivity contribution in [1.29, 1.82) is 0 Å². The topological polar surface area (TPSA) is 58.6 Å². The Hall–Kier alpha value is -1.97. The molecule has 0 spiro atoms. The van der Waals surface area contributed by atoms with Crippen molar-refractivity contribution in [3.05, 3.63) is 46.1 Å². The van der Waals surface area contributed by atoms with Crippen LogP contribution < -0.4 is 5.56 Å². The van der Waals surface area contributed by atoms with Crippen molar-refractivity contribution < 1.29 is 0 Å². The molecule has 4 heteroatoms. The fraction of sp³-hybridized carbons (Fsp3) is 0.182. The van der Waals surface area contributed by atoms with E-state index < -0.39 is 0 Å². The van der Waals surface area contributed by atoms with E-state index in [-0.39, 0.29) is 5.56 Å². The van der Waals surface area contributed by atoms with Gasteiger partial charge in [-0.15, -0.1) is 0 Å². The van der Waals surface area contributed by atoms with Crippen molar-refractivity contribution in [3.8, 4) is 11.1 Å². The third-order valence-electron chi connectivity index (χ3n) is 2.75. The summed E-state index contributed by atoms with van der Waals surface area (Å²) in [5.41, 5.74) is 3.67. The van der Waals surface area contributed by atoms with E-state index in [0.717, 1.165) is 35.2 Å². The predicted molar refractivity (Wildman–Crippen MR) is 55.5 cm³/mol. The molecule has 4 nitrogen and oxygen atoms in total. The second-order valence-corrected chi connectivity index (χ2v) is 3.59. The predicted octanol–water partition coefficient (Wildman–Crippen LogP) is 0.930. The van der Waals surface area contributed by atoms with E-state index in [1.165, 1.54) is 0 Å². The number of aromatic amines is 1. The number of hydrogen-bond acceptors (Lipinski definition) is 3. The number of fused-ring (bicyclic) bond motifs is 1. The number of nitrogens with one attached hydrogen (secondary N) is 1. The first-order valence-electron chi connectivity index (χ1n) is 4.87. The van der Waals surface area contributed by atoms with Crippen LogP contribution in [0.3, 0.4) is 0 Å². The Morgan fingerprint density at radius 3 is 2.67 bits per heavy atom. The summed E-state index contributed by atoms with van der Waals surface area (Å²) in [7, 11) is 0. The lowest BCUT2D eigenvalue weighted by atomic mass is 9.88. The standard InChI is InChI=1S/C11H9N3O/c15-11-10(7-3-5-12-6-4-7)8-1-2-9(8)13-14-11/h3-6H,1-2H2,(H,14,15). The first kappa shape index (κ1) is 8.35. The number of pyridine rings is 1. The van der Waals surface area contributed by atoms with Crippen LogP contribution >= 0.6 is 0 Å². The van der Waals surface area contributed by atoms with Gasteiger partial charge in [-0.2, -0.15) is 5.10 Å². The summed E-state index contributed by atoms with van der Waals surface area (Å²) in [5, 5.41) is 6.53. The van der Waals surface area contributed by atoms with Crippen LogP contribution in [-0.2, 0) is 12.8 Å². The molecular weight excluding hydrogens is 190 g/mol. The fourth-order valence-electron chi connectivity index (χ4n) is 1.89. The van der Waals surface area contributed by atoms with Gasteiger partial charge in [-0.3, -0.25) is 9.78 Å². The molecule has 1 aliphatic rings. The van der Waals surface area contributed by atoms with E-state index in [1.54, 1.807) is 12.4 Å². The second kappa shape index (κ2) is 3.02. The van der Waals surface area contributed by atoms with Crippen molar-refractivity contribution in [3.63, 3.8) is 0 Å². The maximum atomic E-state index is 11.7. The van der Waals surface area contributed by atoms with Gasteiger partial charge in [-0.05, 0) is 36.1 Å². The molecule has 2 heterocycles. The fourth-order valence-corrected chi connectivity index (χ4v) is 1.89. The van der Waals surface area contributed by atoms with Crippen LogP contribution in [0.1, 0.15) is 11.3 Å². The molecule has 3 rings (SSSR count). The Bertz CT molecular complexity index is 560. The lowest BCUT2D eigenvalue weighted by molar-refractivity contribution is 0.741. The van der Waals surface area contributed by atoms with Gasteiger partial charge < -0.3 is 0 Å². The largest absolute Gasteiger partial charge is 0.272 e. The summed E-state index contributed by atoms with van der Waals surface area (Å²) in [6.07, 6.45) is 5.30. The highest BCUT2D eigenvalue weighted by Gasteiger charge is 2.22. The lowest BCUT2D eigenvalue weighted by Crippen LogP contribution is -2.23. The van der Waals surface area contributed by atoms with E-state index in [2.05, 4.69) is 15.2 Å². The van der Waals surface area contributed by atoms with Crippen molar-refractivity contribution in [2.45, 2.75) is 12.8 Å². The molecule has 0 atom stereocenters. The zero-order valence-electron chi connectivity index (χ0n) is 8.03. The maximum Gasteiger partial charge on any atom is 0.272 e. The Labute approximate surface area is 86.0 Å². The highest BCUT2D eigenvalue weighted by molar-refractivity contribution is 5.68. The summed E-state index contributed by atoms with van der Waals surface area (Å²) in [4.78, 5) is 15.6. The molecule has 0 saturated carbocycles. The number of nitrogens with zero attached hydrogens (tertiary/aromatic N) is 2. The molecule has 0 unspecified atom stereocenters. The quantitative estimate of drug-likeness (QED) is 0.743. The van der Waals surface area contributed by atoms with Crippen molar-refractivity contribution in [1.82, 2.24) is 15.2 Å². The molecule has 15 heavy (non-hydrogen) atoms. The number of H-pyrrole nitrogens is 1. The summed E-state index contributed by atoms with van der Waals surface area (Å²) in [6.45, 7) is 0. The normalized spacial score (nSPS) is 13.1. The van der Waals surface area contributed by atoms with Gasteiger partial charge in [0.05, 0.1) is 11.3 Å². The highest BCUT2D eigenvalue weighted by Crippen LogP contribution is 2.28. The minimum absolute atomic E-state index is 0.111. The van der Waals surface area contributed by atoms with Crippen LogP contribution in [0.25, 0.3) is 11.1 Å². The molecule has 0 saturated heterocycles. The summed E-state index contributed by atoms with van der Waals surface area (Å²) in [5.74, 6) is 0. The molecule has 0 fully saturated rings. The maximum absolute atomic E-state index is 11.7. The van der Waals surface area contributed by atoms with Crippen molar-refractivity contribution >= 4 is 0 Å². The van der Waals surface area contributed by atoms with Gasteiger partial charge in [0.1, 0.15) is 0 Å². The molecule has 1 N–H and O–H groups in total. The van der Waals surface area contributed by atoms with Crippen LogP contribution in [0.15, 0.2) is 29.3 Å². The Morgan fingerprint density at radius 2 is 2.00 bits per heavy atom. The molecule has 2 aromatic heterocycles. The van der Waals surface area contributed by atoms with Crippen LogP contribution in [0.5, 0.6) is 0 Å². The van der Waals surface area contributed by atoms with Crippen LogP contribution in [0.4, 0.5) is 0 Å². The average Bonchev–Trinajstić information content (AvgIpc) is 2.24. The van der Waals surface area contributed by atoms with E-state index in [9.17, 15) is 4.79 Å². The first-order valence-corrected chi connectivity index (χ1v) is 4.87. The highest BCUT2D eigenvalue weighted by atomic mass is 16.1. The monoisotopic (exact) mass is 199 g/mol. The minimum atomic E-state index is -0.111. The van der Waals surface area contributed by atoms with Crippen LogP contribution in [0.2, 0.25) is 0 Å². The van der Waals surface area contributed by atoms with E-state index >= 15 is 0 Å². The average molecular weight is 199 g/mol.